The highest BCUT2D eigenvalue weighted by atomic mass is 16.2. The summed E-state index contributed by atoms with van der Waals surface area (Å²) in [5.74, 6) is 0.105. The number of hydrogen-bond acceptors (Lipinski definition) is 3. The third kappa shape index (κ3) is 3.16. The minimum Gasteiger partial charge on any atom is -0.356 e. The lowest BCUT2D eigenvalue weighted by Crippen LogP contribution is -2.36. The molecule has 2 aromatic carbocycles. The number of hydrogen-bond donors (Lipinski definition) is 2. The molecule has 1 aliphatic carbocycles. The van der Waals surface area contributed by atoms with E-state index in [1.54, 1.807) is 6.20 Å². The number of nitrogens with zero attached hydrogens (tertiary/aromatic N) is 1. The van der Waals surface area contributed by atoms with Gasteiger partial charge in [-0.15, -0.1) is 0 Å². The second-order valence-electron chi connectivity index (χ2n) is 8.12. The number of fused-ring (bicyclic) bond motifs is 2. The molecule has 5 rings (SSSR count). The van der Waals surface area contributed by atoms with Crippen molar-refractivity contribution >= 4 is 22.7 Å². The van der Waals surface area contributed by atoms with Crippen LogP contribution in [0.3, 0.4) is 0 Å². The van der Waals surface area contributed by atoms with Crippen LogP contribution in [0.15, 0.2) is 54.7 Å². The van der Waals surface area contributed by atoms with Crippen LogP contribution in [0.2, 0.25) is 0 Å². The van der Waals surface area contributed by atoms with Crippen LogP contribution in [0.1, 0.15) is 39.9 Å². The van der Waals surface area contributed by atoms with Crippen LogP contribution in [-0.2, 0) is 24.2 Å². The number of aromatic nitrogens is 1. The Labute approximate surface area is 169 Å². The Balaban J connectivity index is 1.32. The van der Waals surface area contributed by atoms with E-state index in [4.69, 9.17) is 0 Å². The van der Waals surface area contributed by atoms with E-state index in [0.29, 0.717) is 12.1 Å². The van der Waals surface area contributed by atoms with Crippen molar-refractivity contribution in [1.29, 1.82) is 0 Å². The van der Waals surface area contributed by atoms with E-state index >= 15 is 0 Å². The predicted octanol–water partition coefficient (Wildman–Crippen LogP) is 3.16. The van der Waals surface area contributed by atoms with E-state index < -0.39 is 0 Å². The number of carbonyl (C=O) groups is 2. The molecule has 146 valence electrons. The van der Waals surface area contributed by atoms with E-state index in [2.05, 4.69) is 15.6 Å². The first-order valence-electron chi connectivity index (χ1n) is 10.2. The zero-order valence-corrected chi connectivity index (χ0v) is 16.2. The zero-order chi connectivity index (χ0) is 19.8. The van der Waals surface area contributed by atoms with Gasteiger partial charge in [0, 0.05) is 30.2 Å². The molecule has 1 aliphatic heterocycles. The molecule has 1 fully saturated rings. The Morgan fingerprint density at radius 1 is 1.10 bits per heavy atom. The number of benzene rings is 2. The van der Waals surface area contributed by atoms with Crippen molar-refractivity contribution in [3.63, 3.8) is 0 Å². The second-order valence-corrected chi connectivity index (χ2v) is 8.12. The maximum absolute atomic E-state index is 12.7. The van der Waals surface area contributed by atoms with Gasteiger partial charge in [-0.3, -0.25) is 14.6 Å². The lowest BCUT2D eigenvalue weighted by Gasteiger charge is -2.32. The molecule has 0 radical (unpaired) electrons. The average Bonchev–Trinajstić information content (AvgIpc) is 3.10. The molecule has 0 saturated carbocycles. The molecule has 3 aromatic rings. The normalized spacial score (nSPS) is 20.5. The number of rotatable bonds is 3. The largest absolute Gasteiger partial charge is 0.356 e. The van der Waals surface area contributed by atoms with Gasteiger partial charge in [0.15, 0.2) is 0 Å². The molecule has 1 saturated heterocycles. The van der Waals surface area contributed by atoms with Crippen LogP contribution in [0.25, 0.3) is 10.9 Å². The number of pyridine rings is 1. The fraction of sp³-hybridized carbons (Fsp3) is 0.292. The summed E-state index contributed by atoms with van der Waals surface area (Å²) in [6.07, 6.45) is 5.16. The molecule has 0 bridgehead atoms. The Hall–Kier alpha value is -3.21. The molecule has 2 N–H and O–H groups in total. The maximum Gasteiger partial charge on any atom is 0.251 e. The lowest BCUT2D eigenvalue weighted by molar-refractivity contribution is -0.128. The number of para-hydroxylation sites is 1. The van der Waals surface area contributed by atoms with E-state index in [9.17, 15) is 9.59 Å². The van der Waals surface area contributed by atoms with Crippen molar-refractivity contribution in [2.75, 3.05) is 6.54 Å². The van der Waals surface area contributed by atoms with Gasteiger partial charge in [-0.25, -0.2) is 0 Å². The van der Waals surface area contributed by atoms with Crippen molar-refractivity contribution in [3.05, 3.63) is 77.0 Å². The van der Waals surface area contributed by atoms with Crippen LogP contribution in [0.5, 0.6) is 0 Å². The van der Waals surface area contributed by atoms with Crippen LogP contribution in [-0.4, -0.2) is 23.3 Å². The first-order chi connectivity index (χ1) is 14.1. The minimum absolute atomic E-state index is 0.0837. The number of amides is 2. The van der Waals surface area contributed by atoms with E-state index in [1.165, 1.54) is 11.1 Å². The first-order valence-corrected chi connectivity index (χ1v) is 10.2. The second kappa shape index (κ2) is 6.99. The van der Waals surface area contributed by atoms with Gasteiger partial charge < -0.3 is 10.6 Å². The van der Waals surface area contributed by atoms with Gasteiger partial charge in [-0.2, -0.15) is 0 Å². The summed E-state index contributed by atoms with van der Waals surface area (Å²) >= 11 is 0. The van der Waals surface area contributed by atoms with Crippen LogP contribution in [0, 0.1) is 5.41 Å². The Bertz CT molecular complexity index is 1120. The molecule has 5 nitrogen and oxygen atoms in total. The molecule has 1 aromatic heterocycles. The summed E-state index contributed by atoms with van der Waals surface area (Å²) in [7, 11) is 0. The Morgan fingerprint density at radius 2 is 2.00 bits per heavy atom. The maximum atomic E-state index is 12.7. The molecule has 1 atom stereocenters. The molecule has 2 aliphatic rings. The standard InChI is InChI=1S/C24H23N3O2/c28-22(27-15-20-4-1-3-16-5-2-11-25-21(16)20)18-6-7-19-14-24(9-8-17(19)13-18)10-12-26-23(24)29/h1-7,11,13H,8-10,12,14-15H2,(H,26,29)(H,27,28). The summed E-state index contributed by atoms with van der Waals surface area (Å²) in [6, 6.07) is 15.8. The number of nitrogens with one attached hydrogen (secondary N) is 2. The van der Waals surface area contributed by atoms with Gasteiger partial charge in [-0.1, -0.05) is 30.3 Å². The molecular formula is C24H23N3O2. The van der Waals surface area contributed by atoms with Gasteiger partial charge in [0.05, 0.1) is 10.9 Å². The SMILES string of the molecule is O=C(NCc1cccc2cccnc12)c1ccc2c(c1)CCC1(CCNC1=O)C2. The van der Waals surface area contributed by atoms with Gasteiger partial charge >= 0.3 is 0 Å². The van der Waals surface area contributed by atoms with E-state index in [-0.39, 0.29) is 17.2 Å². The Kier molecular flexibility index (Phi) is 4.31. The third-order valence-corrected chi connectivity index (χ3v) is 6.40. The van der Waals surface area contributed by atoms with Gasteiger partial charge in [-0.05, 0) is 60.6 Å². The molecule has 5 heteroatoms. The lowest BCUT2D eigenvalue weighted by atomic mass is 9.70. The zero-order valence-electron chi connectivity index (χ0n) is 16.2. The average molecular weight is 385 g/mol. The van der Waals surface area contributed by atoms with E-state index in [1.807, 2.05) is 48.5 Å². The topological polar surface area (TPSA) is 71.1 Å². The van der Waals surface area contributed by atoms with Crippen LogP contribution in [0.4, 0.5) is 0 Å². The smallest absolute Gasteiger partial charge is 0.251 e. The molecular weight excluding hydrogens is 362 g/mol. The van der Waals surface area contributed by atoms with Gasteiger partial charge in [0.1, 0.15) is 0 Å². The first kappa shape index (κ1) is 17.9. The summed E-state index contributed by atoms with van der Waals surface area (Å²) in [6.45, 7) is 1.21. The predicted molar refractivity (Wildman–Crippen MR) is 111 cm³/mol. The summed E-state index contributed by atoms with van der Waals surface area (Å²) in [5.41, 5.74) is 4.74. The fourth-order valence-corrected chi connectivity index (χ4v) is 4.71. The molecule has 1 unspecified atom stereocenters. The van der Waals surface area contributed by atoms with Crippen molar-refractivity contribution < 1.29 is 9.59 Å². The molecule has 2 amide bonds. The highest BCUT2D eigenvalue weighted by Crippen LogP contribution is 2.41. The quantitative estimate of drug-likeness (QED) is 0.728. The third-order valence-electron chi connectivity index (χ3n) is 6.40. The molecule has 2 heterocycles. The van der Waals surface area contributed by atoms with Crippen LogP contribution >= 0.6 is 0 Å². The molecule has 29 heavy (non-hydrogen) atoms. The molecule has 1 spiro atoms. The summed E-state index contributed by atoms with van der Waals surface area (Å²) < 4.78 is 0. The highest BCUT2D eigenvalue weighted by Gasteiger charge is 2.44. The van der Waals surface area contributed by atoms with Gasteiger partial charge in [0.25, 0.3) is 5.91 Å². The van der Waals surface area contributed by atoms with Gasteiger partial charge in [0.2, 0.25) is 5.91 Å². The monoisotopic (exact) mass is 385 g/mol. The number of aryl methyl sites for hydroxylation is 1. The van der Waals surface area contributed by atoms with Crippen molar-refractivity contribution in [2.45, 2.75) is 32.2 Å². The number of carbonyl (C=O) groups excluding carboxylic acids is 2. The minimum atomic E-state index is -0.238. The summed E-state index contributed by atoms with van der Waals surface area (Å²) in [4.78, 5) is 29.5. The van der Waals surface area contributed by atoms with Crippen molar-refractivity contribution in [2.24, 2.45) is 5.41 Å². The van der Waals surface area contributed by atoms with Crippen LogP contribution < -0.4 is 10.6 Å². The fourth-order valence-electron chi connectivity index (χ4n) is 4.71. The Morgan fingerprint density at radius 3 is 2.86 bits per heavy atom. The van der Waals surface area contributed by atoms with Crippen molar-refractivity contribution in [3.8, 4) is 0 Å². The highest BCUT2D eigenvalue weighted by molar-refractivity contribution is 5.95. The van der Waals surface area contributed by atoms with Crippen molar-refractivity contribution in [1.82, 2.24) is 15.6 Å². The van der Waals surface area contributed by atoms with E-state index in [0.717, 1.165) is 48.7 Å². The summed E-state index contributed by atoms with van der Waals surface area (Å²) in [5, 5.41) is 7.07.